The highest BCUT2D eigenvalue weighted by Gasteiger charge is 2.29. The number of nitrogens with one attached hydrogen (secondary N) is 1. The first-order chi connectivity index (χ1) is 9.73. The van der Waals surface area contributed by atoms with Crippen molar-refractivity contribution in [1.29, 1.82) is 0 Å². The second kappa shape index (κ2) is 6.22. The van der Waals surface area contributed by atoms with Crippen molar-refractivity contribution >= 4 is 31.6 Å². The lowest BCUT2D eigenvalue weighted by molar-refractivity contribution is 0.219. The average molecular weight is 379 g/mol. The lowest BCUT2D eigenvalue weighted by Crippen LogP contribution is -2.37. The number of rotatable bonds is 4. The van der Waals surface area contributed by atoms with Gasteiger partial charge in [0.15, 0.2) is 0 Å². The maximum Gasteiger partial charge on any atom is 0.243 e. The molecule has 1 aromatic rings. The molecular formula is C14H20BrFN2O2S. The summed E-state index contributed by atoms with van der Waals surface area (Å²) < 4.78 is 41.3. The summed E-state index contributed by atoms with van der Waals surface area (Å²) in [6.45, 7) is 2.39. The summed E-state index contributed by atoms with van der Waals surface area (Å²) in [6.07, 6.45) is 5.39. The summed E-state index contributed by atoms with van der Waals surface area (Å²) in [4.78, 5) is -0.400. The van der Waals surface area contributed by atoms with Gasteiger partial charge in [-0.05, 0) is 46.3 Å². The van der Waals surface area contributed by atoms with Gasteiger partial charge in [-0.2, -0.15) is 0 Å². The molecule has 0 atom stereocenters. The first kappa shape index (κ1) is 16.7. The van der Waals surface area contributed by atoms with Gasteiger partial charge in [0.05, 0.1) is 0 Å². The molecule has 1 aliphatic carbocycles. The van der Waals surface area contributed by atoms with E-state index in [9.17, 15) is 12.8 Å². The van der Waals surface area contributed by atoms with Crippen molar-refractivity contribution in [2.24, 2.45) is 5.41 Å². The summed E-state index contributed by atoms with van der Waals surface area (Å²) in [5, 5.41) is 0. The minimum atomic E-state index is -3.89. The van der Waals surface area contributed by atoms with Crippen LogP contribution >= 0.6 is 15.9 Å². The molecule has 21 heavy (non-hydrogen) atoms. The zero-order valence-corrected chi connectivity index (χ0v) is 14.4. The van der Waals surface area contributed by atoms with Crippen LogP contribution in [-0.4, -0.2) is 15.0 Å². The Balaban J connectivity index is 2.17. The number of nitrogens with two attached hydrogens (primary N) is 1. The molecule has 0 unspecified atom stereocenters. The first-order valence-electron chi connectivity index (χ1n) is 6.98. The number of benzene rings is 1. The average Bonchev–Trinajstić information content (AvgIpc) is 2.42. The molecule has 0 aromatic heterocycles. The highest BCUT2D eigenvalue weighted by atomic mass is 79.9. The van der Waals surface area contributed by atoms with Gasteiger partial charge in [0, 0.05) is 16.7 Å². The summed E-state index contributed by atoms with van der Waals surface area (Å²) in [6, 6.07) is 2.22. The topological polar surface area (TPSA) is 72.2 Å². The van der Waals surface area contributed by atoms with Gasteiger partial charge in [-0.1, -0.05) is 26.2 Å². The standard InChI is InChI=1S/C14H20BrFN2O2S/c1-14(5-3-2-4-6-14)9-18-21(19,20)13-8-12(17)10(15)7-11(13)16/h7-8,18H,2-6,9,17H2,1H3. The van der Waals surface area contributed by atoms with Gasteiger partial charge in [0.2, 0.25) is 10.0 Å². The fourth-order valence-corrected chi connectivity index (χ4v) is 4.29. The van der Waals surface area contributed by atoms with Gasteiger partial charge in [-0.25, -0.2) is 17.5 Å². The molecule has 4 nitrogen and oxygen atoms in total. The molecule has 3 N–H and O–H groups in total. The van der Waals surface area contributed by atoms with Gasteiger partial charge < -0.3 is 5.73 Å². The summed E-state index contributed by atoms with van der Waals surface area (Å²) >= 11 is 3.08. The molecule has 1 saturated carbocycles. The molecule has 0 heterocycles. The second-order valence-electron chi connectivity index (χ2n) is 6.00. The minimum Gasteiger partial charge on any atom is -0.398 e. The largest absolute Gasteiger partial charge is 0.398 e. The Kier molecular flexibility index (Phi) is 4.95. The third kappa shape index (κ3) is 3.96. The van der Waals surface area contributed by atoms with Gasteiger partial charge in [0.25, 0.3) is 0 Å². The minimum absolute atomic E-state index is 0.0529. The Morgan fingerprint density at radius 2 is 1.95 bits per heavy atom. The molecule has 0 aliphatic heterocycles. The molecule has 0 saturated heterocycles. The zero-order valence-electron chi connectivity index (χ0n) is 12.0. The second-order valence-corrected chi connectivity index (χ2v) is 8.59. The van der Waals surface area contributed by atoms with Crippen molar-refractivity contribution in [1.82, 2.24) is 4.72 Å². The summed E-state index contributed by atoms with van der Waals surface area (Å²) in [5.74, 6) is -0.808. The highest BCUT2D eigenvalue weighted by Crippen LogP contribution is 2.35. The molecule has 1 fully saturated rings. The number of halogens is 2. The van der Waals surface area contributed by atoms with Crippen LogP contribution in [0, 0.1) is 11.2 Å². The summed E-state index contributed by atoms with van der Waals surface area (Å²) in [5.41, 5.74) is 5.79. The number of sulfonamides is 1. The van der Waals surface area contributed by atoms with Crippen LogP contribution in [0.3, 0.4) is 0 Å². The quantitative estimate of drug-likeness (QED) is 0.788. The normalized spacial score (nSPS) is 18.6. The predicted molar refractivity (Wildman–Crippen MR) is 84.9 cm³/mol. The van der Waals surface area contributed by atoms with E-state index in [4.69, 9.17) is 5.73 Å². The fraction of sp³-hybridized carbons (Fsp3) is 0.571. The lowest BCUT2D eigenvalue weighted by atomic mass is 9.76. The van der Waals surface area contributed by atoms with Gasteiger partial charge in [-0.15, -0.1) is 0 Å². The van der Waals surface area contributed by atoms with E-state index in [0.29, 0.717) is 11.0 Å². The summed E-state index contributed by atoms with van der Waals surface area (Å²) in [7, 11) is -3.89. The van der Waals surface area contributed by atoms with Crippen molar-refractivity contribution in [3.8, 4) is 0 Å². The van der Waals surface area contributed by atoms with E-state index < -0.39 is 20.7 Å². The first-order valence-corrected chi connectivity index (χ1v) is 9.25. The monoisotopic (exact) mass is 378 g/mol. The van der Waals surface area contributed by atoms with Crippen LogP contribution in [0.15, 0.2) is 21.5 Å². The van der Waals surface area contributed by atoms with E-state index in [1.54, 1.807) is 0 Å². The Hall–Kier alpha value is -0.660. The third-order valence-electron chi connectivity index (χ3n) is 4.09. The van der Waals surface area contributed by atoms with Crippen LogP contribution in [0.25, 0.3) is 0 Å². The van der Waals surface area contributed by atoms with Crippen LogP contribution in [0.4, 0.5) is 10.1 Å². The molecule has 118 valence electrons. The maximum atomic E-state index is 13.9. The van der Waals surface area contributed by atoms with E-state index in [-0.39, 0.29) is 11.1 Å². The molecule has 2 rings (SSSR count). The maximum absolute atomic E-state index is 13.9. The Morgan fingerprint density at radius 1 is 1.33 bits per heavy atom. The van der Waals surface area contributed by atoms with E-state index in [1.807, 2.05) is 0 Å². The molecule has 1 aromatic carbocycles. The number of anilines is 1. The van der Waals surface area contributed by atoms with Crippen LogP contribution in [0.1, 0.15) is 39.0 Å². The van der Waals surface area contributed by atoms with Crippen LogP contribution in [0.2, 0.25) is 0 Å². The lowest BCUT2D eigenvalue weighted by Gasteiger charge is -2.33. The van der Waals surface area contributed by atoms with E-state index in [0.717, 1.165) is 37.8 Å². The molecule has 1 aliphatic rings. The van der Waals surface area contributed by atoms with Crippen molar-refractivity contribution in [3.63, 3.8) is 0 Å². The zero-order chi connectivity index (χ0) is 15.7. The van der Waals surface area contributed by atoms with E-state index >= 15 is 0 Å². The predicted octanol–water partition coefficient (Wildman–Crippen LogP) is 3.42. The van der Waals surface area contributed by atoms with E-state index in [2.05, 4.69) is 27.6 Å². The number of nitrogen functional groups attached to an aromatic ring is 1. The van der Waals surface area contributed by atoms with Crippen molar-refractivity contribution in [2.45, 2.75) is 43.9 Å². The van der Waals surface area contributed by atoms with Crippen LogP contribution < -0.4 is 10.5 Å². The van der Waals surface area contributed by atoms with Crippen molar-refractivity contribution < 1.29 is 12.8 Å². The molecule has 0 bridgehead atoms. The highest BCUT2D eigenvalue weighted by molar-refractivity contribution is 9.10. The van der Waals surface area contributed by atoms with Gasteiger partial charge >= 0.3 is 0 Å². The smallest absolute Gasteiger partial charge is 0.243 e. The fourth-order valence-electron chi connectivity index (χ4n) is 2.68. The Labute approximate surface area is 133 Å². The van der Waals surface area contributed by atoms with E-state index in [1.165, 1.54) is 6.42 Å². The molecule has 0 amide bonds. The van der Waals surface area contributed by atoms with Crippen LogP contribution in [0.5, 0.6) is 0 Å². The Bertz CT molecular complexity index is 628. The van der Waals surface area contributed by atoms with Crippen LogP contribution in [-0.2, 0) is 10.0 Å². The molecule has 0 spiro atoms. The van der Waals surface area contributed by atoms with Crippen molar-refractivity contribution in [2.75, 3.05) is 12.3 Å². The number of hydrogen-bond donors (Lipinski definition) is 2. The van der Waals surface area contributed by atoms with Gasteiger partial charge in [-0.3, -0.25) is 0 Å². The SMILES string of the molecule is CC1(CNS(=O)(=O)c2cc(N)c(Br)cc2F)CCCCC1. The third-order valence-corrected chi connectivity index (χ3v) is 6.19. The number of hydrogen-bond acceptors (Lipinski definition) is 3. The Morgan fingerprint density at radius 3 is 2.57 bits per heavy atom. The molecule has 7 heteroatoms. The molecular weight excluding hydrogens is 359 g/mol. The molecule has 0 radical (unpaired) electrons. The van der Waals surface area contributed by atoms with Crippen molar-refractivity contribution in [3.05, 3.63) is 22.4 Å². The van der Waals surface area contributed by atoms with Gasteiger partial charge in [0.1, 0.15) is 10.7 Å².